The predicted octanol–water partition coefficient (Wildman–Crippen LogP) is 3.49. The number of nitrogens with one attached hydrogen (secondary N) is 1. The molecule has 1 aromatic rings. The molecule has 0 aromatic heterocycles. The maximum absolute atomic E-state index is 12.0. The van der Waals surface area contributed by atoms with E-state index in [0.29, 0.717) is 17.3 Å². The highest BCUT2D eigenvalue weighted by Crippen LogP contribution is 2.26. The normalized spacial score (nSPS) is 10.8. The third-order valence-corrected chi connectivity index (χ3v) is 4.86. The molecule has 0 fully saturated rings. The Morgan fingerprint density at radius 2 is 1.95 bits per heavy atom. The molecule has 1 aromatic carbocycles. The molecule has 1 rings (SSSR count). The largest absolute Gasteiger partial charge is 0.349 e. The zero-order valence-electron chi connectivity index (χ0n) is 11.8. The molecule has 3 N–H and O–H groups in total. The maximum atomic E-state index is 12.0. The molecule has 20 heavy (non-hydrogen) atoms. The van der Waals surface area contributed by atoms with Crippen LogP contribution in [0.15, 0.2) is 29.2 Å². The Bertz CT molecular complexity index is 417. The Labute approximate surface area is 136 Å². The molecule has 0 spiro atoms. The van der Waals surface area contributed by atoms with Crippen molar-refractivity contribution in [3.8, 4) is 0 Å². The van der Waals surface area contributed by atoms with Gasteiger partial charge in [0.05, 0.1) is 16.3 Å². The number of benzene rings is 1. The topological polar surface area (TPSA) is 55.1 Å². The fourth-order valence-electron chi connectivity index (χ4n) is 1.80. The van der Waals surface area contributed by atoms with Crippen molar-refractivity contribution in [1.29, 1.82) is 0 Å². The zero-order chi connectivity index (χ0) is 14.3. The summed E-state index contributed by atoms with van der Waals surface area (Å²) >= 11 is 7.49. The van der Waals surface area contributed by atoms with E-state index in [1.54, 1.807) is 0 Å². The van der Waals surface area contributed by atoms with E-state index in [2.05, 4.69) is 5.32 Å². The minimum Gasteiger partial charge on any atom is -0.349 e. The van der Waals surface area contributed by atoms with Crippen LogP contribution < -0.4 is 11.1 Å². The molecule has 6 heteroatoms. The molecule has 0 bridgehead atoms. The highest BCUT2D eigenvalue weighted by molar-refractivity contribution is 8.00. The van der Waals surface area contributed by atoms with Crippen LogP contribution in [-0.4, -0.2) is 23.7 Å². The smallest absolute Gasteiger partial charge is 0.230 e. The first kappa shape index (κ1) is 19.6. The fourth-order valence-corrected chi connectivity index (χ4v) is 2.84. The molecular formula is C14H22Cl2N2OS. The summed E-state index contributed by atoms with van der Waals surface area (Å²) in [6.45, 7) is 4.54. The summed E-state index contributed by atoms with van der Waals surface area (Å²) in [4.78, 5) is 12.9. The monoisotopic (exact) mass is 336 g/mol. The lowest BCUT2D eigenvalue weighted by atomic mass is 9.93. The van der Waals surface area contributed by atoms with Crippen molar-refractivity contribution in [3.05, 3.63) is 29.3 Å². The Hall–Kier alpha value is -0.420. The van der Waals surface area contributed by atoms with Crippen LogP contribution in [0.25, 0.3) is 0 Å². The van der Waals surface area contributed by atoms with Gasteiger partial charge in [-0.05, 0) is 25.0 Å². The van der Waals surface area contributed by atoms with E-state index in [9.17, 15) is 4.79 Å². The molecule has 1 amide bonds. The van der Waals surface area contributed by atoms with Crippen molar-refractivity contribution < 1.29 is 4.79 Å². The number of thioether (sulfide) groups is 1. The van der Waals surface area contributed by atoms with Gasteiger partial charge in [0, 0.05) is 11.4 Å². The number of rotatable bonds is 7. The van der Waals surface area contributed by atoms with E-state index in [0.717, 1.165) is 17.7 Å². The van der Waals surface area contributed by atoms with Crippen LogP contribution in [0.2, 0.25) is 5.02 Å². The van der Waals surface area contributed by atoms with Crippen molar-refractivity contribution in [2.24, 2.45) is 5.73 Å². The average molecular weight is 337 g/mol. The summed E-state index contributed by atoms with van der Waals surface area (Å²) in [6, 6.07) is 7.52. The number of hydrogen-bond donors (Lipinski definition) is 2. The van der Waals surface area contributed by atoms with E-state index in [1.807, 2.05) is 38.1 Å². The van der Waals surface area contributed by atoms with Crippen molar-refractivity contribution in [2.45, 2.75) is 37.1 Å². The average Bonchev–Trinajstić information content (AvgIpc) is 2.44. The lowest BCUT2D eigenvalue weighted by molar-refractivity contribution is -0.120. The van der Waals surface area contributed by atoms with E-state index in [4.69, 9.17) is 17.3 Å². The first-order valence-electron chi connectivity index (χ1n) is 6.45. The van der Waals surface area contributed by atoms with Crippen LogP contribution in [0.4, 0.5) is 0 Å². The van der Waals surface area contributed by atoms with Gasteiger partial charge in [0.25, 0.3) is 0 Å². The Morgan fingerprint density at radius 1 is 1.35 bits per heavy atom. The minimum atomic E-state index is -0.280. The molecule has 0 heterocycles. The summed E-state index contributed by atoms with van der Waals surface area (Å²) in [7, 11) is 0. The van der Waals surface area contributed by atoms with Gasteiger partial charge in [0.2, 0.25) is 5.91 Å². The SMILES string of the molecule is CCC(CC)(CN)NC(=O)CSc1ccccc1Cl.Cl. The van der Waals surface area contributed by atoms with Gasteiger partial charge in [-0.25, -0.2) is 0 Å². The quantitative estimate of drug-likeness (QED) is 0.749. The Morgan fingerprint density at radius 3 is 2.45 bits per heavy atom. The molecule has 0 aliphatic heterocycles. The van der Waals surface area contributed by atoms with E-state index < -0.39 is 0 Å². The molecular weight excluding hydrogens is 315 g/mol. The van der Waals surface area contributed by atoms with Gasteiger partial charge in [-0.15, -0.1) is 24.2 Å². The van der Waals surface area contributed by atoms with Crippen molar-refractivity contribution in [1.82, 2.24) is 5.32 Å². The molecule has 0 aliphatic rings. The first-order valence-corrected chi connectivity index (χ1v) is 7.81. The van der Waals surface area contributed by atoms with Crippen LogP contribution in [0.1, 0.15) is 26.7 Å². The van der Waals surface area contributed by atoms with Gasteiger partial charge in [0.15, 0.2) is 0 Å². The van der Waals surface area contributed by atoms with Crippen LogP contribution in [0.5, 0.6) is 0 Å². The number of carbonyl (C=O) groups is 1. The van der Waals surface area contributed by atoms with Gasteiger partial charge < -0.3 is 11.1 Å². The number of hydrogen-bond acceptors (Lipinski definition) is 3. The third-order valence-electron chi connectivity index (χ3n) is 3.34. The number of amides is 1. The Kier molecular flexibility index (Phi) is 9.30. The minimum absolute atomic E-state index is 0. The first-order chi connectivity index (χ1) is 9.06. The van der Waals surface area contributed by atoms with E-state index >= 15 is 0 Å². The molecule has 114 valence electrons. The van der Waals surface area contributed by atoms with Gasteiger partial charge in [-0.1, -0.05) is 37.6 Å². The number of halogens is 2. The summed E-state index contributed by atoms with van der Waals surface area (Å²) in [5.41, 5.74) is 5.49. The van der Waals surface area contributed by atoms with E-state index in [-0.39, 0.29) is 23.9 Å². The summed E-state index contributed by atoms with van der Waals surface area (Å²) in [5, 5.41) is 3.72. The van der Waals surface area contributed by atoms with Gasteiger partial charge in [-0.2, -0.15) is 0 Å². The van der Waals surface area contributed by atoms with Crippen LogP contribution in [0, 0.1) is 0 Å². The van der Waals surface area contributed by atoms with E-state index in [1.165, 1.54) is 11.8 Å². The summed E-state index contributed by atoms with van der Waals surface area (Å²) < 4.78 is 0. The van der Waals surface area contributed by atoms with Crippen molar-refractivity contribution in [3.63, 3.8) is 0 Å². The number of carbonyl (C=O) groups excluding carboxylic acids is 1. The molecule has 0 saturated heterocycles. The van der Waals surface area contributed by atoms with Crippen LogP contribution in [-0.2, 0) is 4.79 Å². The molecule has 0 aliphatic carbocycles. The predicted molar refractivity (Wildman–Crippen MR) is 89.9 cm³/mol. The summed E-state index contributed by atoms with van der Waals surface area (Å²) in [6.07, 6.45) is 1.67. The number of nitrogens with two attached hydrogens (primary N) is 1. The highest BCUT2D eigenvalue weighted by Gasteiger charge is 2.26. The third kappa shape index (κ3) is 5.52. The van der Waals surface area contributed by atoms with Crippen molar-refractivity contribution in [2.75, 3.05) is 12.3 Å². The lowest BCUT2D eigenvalue weighted by Crippen LogP contribution is -2.53. The second-order valence-electron chi connectivity index (χ2n) is 4.46. The molecule has 0 radical (unpaired) electrons. The van der Waals surface area contributed by atoms with Gasteiger partial charge >= 0.3 is 0 Å². The van der Waals surface area contributed by atoms with Gasteiger partial charge in [0.1, 0.15) is 0 Å². The summed E-state index contributed by atoms with van der Waals surface area (Å²) in [5.74, 6) is 0.352. The molecule has 0 saturated carbocycles. The zero-order valence-corrected chi connectivity index (χ0v) is 14.2. The van der Waals surface area contributed by atoms with Gasteiger partial charge in [-0.3, -0.25) is 4.79 Å². The molecule has 0 unspecified atom stereocenters. The maximum Gasteiger partial charge on any atom is 0.230 e. The van der Waals surface area contributed by atoms with Crippen molar-refractivity contribution >= 4 is 41.7 Å². The molecule has 0 atom stereocenters. The Balaban J connectivity index is 0.00000361. The highest BCUT2D eigenvalue weighted by atomic mass is 35.5. The van der Waals surface area contributed by atoms with Crippen LogP contribution >= 0.6 is 35.8 Å². The van der Waals surface area contributed by atoms with Crippen LogP contribution in [0.3, 0.4) is 0 Å². The standard InChI is InChI=1S/C14H21ClN2OS.ClH/c1-3-14(4-2,10-16)17-13(18)9-19-12-8-6-5-7-11(12)15;/h5-8H,3-4,9-10,16H2,1-2H3,(H,17,18);1H. The lowest BCUT2D eigenvalue weighted by Gasteiger charge is -2.31. The second kappa shape index (κ2) is 9.50. The molecule has 3 nitrogen and oxygen atoms in total. The fraction of sp³-hybridized carbons (Fsp3) is 0.500. The second-order valence-corrected chi connectivity index (χ2v) is 5.88.